The van der Waals surface area contributed by atoms with Crippen molar-refractivity contribution in [2.45, 2.75) is 19.3 Å². The average molecular weight is 309 g/mol. The normalized spacial score (nSPS) is 15.5. The van der Waals surface area contributed by atoms with Gasteiger partial charge in [-0.15, -0.1) is 0 Å². The van der Waals surface area contributed by atoms with E-state index in [0.717, 1.165) is 41.5 Å². The molecule has 18 heavy (non-hydrogen) atoms. The number of hydrogen-bond acceptors (Lipinski definition) is 3. The molecule has 94 valence electrons. The van der Waals surface area contributed by atoms with E-state index in [-0.39, 0.29) is 5.91 Å². The highest BCUT2D eigenvalue weighted by Crippen LogP contribution is 2.23. The van der Waals surface area contributed by atoms with Crippen LogP contribution in [-0.2, 0) is 11.2 Å². The lowest BCUT2D eigenvalue weighted by Gasteiger charge is -2.13. The number of aromatic nitrogens is 1. The first kappa shape index (κ1) is 11.7. The lowest BCUT2D eigenvalue weighted by Crippen LogP contribution is -2.29. The number of halogens is 1. The first-order valence-electron chi connectivity index (χ1n) is 6.05. The predicted octanol–water partition coefficient (Wildman–Crippen LogP) is 2.76. The van der Waals surface area contributed by atoms with E-state index in [1.54, 1.807) is 0 Å². The molecule has 1 fully saturated rings. The maximum atomic E-state index is 12.1. The Balaban J connectivity index is 1.84. The summed E-state index contributed by atoms with van der Waals surface area (Å²) in [7, 11) is 0. The van der Waals surface area contributed by atoms with Crippen molar-refractivity contribution in [2.24, 2.45) is 0 Å². The van der Waals surface area contributed by atoms with Crippen LogP contribution in [0, 0.1) is 0 Å². The molecule has 0 aliphatic carbocycles. The van der Waals surface area contributed by atoms with E-state index in [1.807, 2.05) is 23.1 Å². The van der Waals surface area contributed by atoms with Crippen LogP contribution in [0.3, 0.4) is 0 Å². The average Bonchev–Trinajstić information content (AvgIpc) is 2.98. The summed E-state index contributed by atoms with van der Waals surface area (Å²) in [5.74, 6) is 0.144. The van der Waals surface area contributed by atoms with E-state index in [9.17, 15) is 4.79 Å². The molecule has 4 nitrogen and oxygen atoms in total. The van der Waals surface area contributed by atoms with Crippen molar-refractivity contribution >= 4 is 32.8 Å². The molecular weight excluding hydrogens is 296 g/mol. The molecule has 1 aromatic heterocycles. The maximum absolute atomic E-state index is 12.1. The molecule has 1 aromatic carbocycles. The summed E-state index contributed by atoms with van der Waals surface area (Å²) in [6.07, 6.45) is 2.55. The van der Waals surface area contributed by atoms with Crippen LogP contribution in [0.2, 0.25) is 0 Å². The molecule has 0 radical (unpaired) electrons. The lowest BCUT2D eigenvalue weighted by atomic mass is 10.1. The number of carbonyl (C=O) groups excluding carboxylic acids is 1. The standard InChI is InChI=1S/C13H13BrN2O2/c14-9-3-4-10-11(15-18-12(10)7-9)8-13(17)16-5-1-2-6-16/h3-4,7H,1-2,5-6,8H2. The molecule has 0 saturated carbocycles. The predicted molar refractivity (Wildman–Crippen MR) is 71.2 cm³/mol. The van der Waals surface area contributed by atoms with Crippen LogP contribution >= 0.6 is 15.9 Å². The third-order valence-electron chi connectivity index (χ3n) is 3.29. The first-order chi connectivity index (χ1) is 8.74. The summed E-state index contributed by atoms with van der Waals surface area (Å²) in [5.41, 5.74) is 1.45. The second kappa shape index (κ2) is 4.72. The molecule has 1 aliphatic heterocycles. The van der Waals surface area contributed by atoms with Crippen LogP contribution < -0.4 is 0 Å². The summed E-state index contributed by atoms with van der Waals surface area (Å²) in [6.45, 7) is 1.75. The molecule has 1 aliphatic rings. The summed E-state index contributed by atoms with van der Waals surface area (Å²) >= 11 is 3.38. The van der Waals surface area contributed by atoms with Gasteiger partial charge in [-0.1, -0.05) is 21.1 Å². The fourth-order valence-electron chi connectivity index (χ4n) is 2.31. The Morgan fingerprint density at radius 2 is 2.17 bits per heavy atom. The molecule has 3 rings (SSSR count). The van der Waals surface area contributed by atoms with Crippen molar-refractivity contribution in [3.8, 4) is 0 Å². The minimum Gasteiger partial charge on any atom is -0.356 e. The zero-order valence-corrected chi connectivity index (χ0v) is 11.4. The van der Waals surface area contributed by atoms with Gasteiger partial charge in [0, 0.05) is 22.9 Å². The Morgan fingerprint density at radius 3 is 2.94 bits per heavy atom. The monoisotopic (exact) mass is 308 g/mol. The molecule has 1 amide bonds. The van der Waals surface area contributed by atoms with Gasteiger partial charge in [0.1, 0.15) is 5.69 Å². The SMILES string of the molecule is O=C(Cc1noc2cc(Br)ccc12)N1CCCC1. The highest BCUT2D eigenvalue weighted by Gasteiger charge is 2.20. The van der Waals surface area contributed by atoms with E-state index in [2.05, 4.69) is 21.1 Å². The molecule has 0 unspecified atom stereocenters. The van der Waals surface area contributed by atoms with Crippen molar-refractivity contribution in [3.63, 3.8) is 0 Å². The van der Waals surface area contributed by atoms with E-state index in [1.165, 1.54) is 0 Å². The van der Waals surface area contributed by atoms with E-state index in [4.69, 9.17) is 4.52 Å². The highest BCUT2D eigenvalue weighted by molar-refractivity contribution is 9.10. The Morgan fingerprint density at radius 1 is 1.39 bits per heavy atom. The van der Waals surface area contributed by atoms with Gasteiger partial charge >= 0.3 is 0 Å². The Labute approximate surface area is 113 Å². The molecule has 0 bridgehead atoms. The second-order valence-electron chi connectivity index (χ2n) is 4.53. The summed E-state index contributed by atoms with van der Waals surface area (Å²) in [5, 5.41) is 4.93. The number of likely N-dealkylation sites (tertiary alicyclic amines) is 1. The van der Waals surface area contributed by atoms with Crippen molar-refractivity contribution < 1.29 is 9.32 Å². The summed E-state index contributed by atoms with van der Waals surface area (Å²) in [6, 6.07) is 5.73. The van der Waals surface area contributed by atoms with E-state index in [0.29, 0.717) is 12.0 Å². The Hall–Kier alpha value is -1.36. The van der Waals surface area contributed by atoms with Crippen LogP contribution in [0.4, 0.5) is 0 Å². The van der Waals surface area contributed by atoms with Crippen LogP contribution in [0.15, 0.2) is 27.2 Å². The third-order valence-corrected chi connectivity index (χ3v) is 3.78. The number of benzene rings is 1. The largest absolute Gasteiger partial charge is 0.356 e. The molecular formula is C13H13BrN2O2. The van der Waals surface area contributed by atoms with Gasteiger partial charge < -0.3 is 9.42 Å². The van der Waals surface area contributed by atoms with Crippen molar-refractivity contribution in [2.75, 3.05) is 13.1 Å². The number of fused-ring (bicyclic) bond motifs is 1. The third kappa shape index (κ3) is 2.14. The van der Waals surface area contributed by atoms with Gasteiger partial charge in [-0.25, -0.2) is 0 Å². The molecule has 0 atom stereocenters. The minimum atomic E-state index is 0.144. The molecule has 0 spiro atoms. The summed E-state index contributed by atoms with van der Waals surface area (Å²) in [4.78, 5) is 14.0. The highest BCUT2D eigenvalue weighted by atomic mass is 79.9. The summed E-state index contributed by atoms with van der Waals surface area (Å²) < 4.78 is 6.19. The first-order valence-corrected chi connectivity index (χ1v) is 6.85. The molecule has 1 saturated heterocycles. The zero-order valence-electron chi connectivity index (χ0n) is 9.86. The van der Waals surface area contributed by atoms with Crippen molar-refractivity contribution in [1.29, 1.82) is 0 Å². The van der Waals surface area contributed by atoms with Gasteiger partial charge in [0.25, 0.3) is 0 Å². The molecule has 0 N–H and O–H groups in total. The Bertz CT molecular complexity index is 588. The maximum Gasteiger partial charge on any atom is 0.228 e. The lowest BCUT2D eigenvalue weighted by molar-refractivity contribution is -0.129. The van der Waals surface area contributed by atoms with E-state index < -0.39 is 0 Å². The zero-order chi connectivity index (χ0) is 12.5. The van der Waals surface area contributed by atoms with Crippen molar-refractivity contribution in [3.05, 3.63) is 28.4 Å². The van der Waals surface area contributed by atoms with Gasteiger partial charge in [-0.2, -0.15) is 0 Å². The van der Waals surface area contributed by atoms with Gasteiger partial charge in [-0.05, 0) is 31.0 Å². The molecule has 2 heterocycles. The topological polar surface area (TPSA) is 46.3 Å². The van der Waals surface area contributed by atoms with Gasteiger partial charge in [0.15, 0.2) is 5.58 Å². The smallest absolute Gasteiger partial charge is 0.228 e. The van der Waals surface area contributed by atoms with Crippen LogP contribution in [0.1, 0.15) is 18.5 Å². The number of hydrogen-bond donors (Lipinski definition) is 0. The number of amides is 1. The van der Waals surface area contributed by atoms with E-state index >= 15 is 0 Å². The number of rotatable bonds is 2. The van der Waals surface area contributed by atoms with Gasteiger partial charge in [0.2, 0.25) is 5.91 Å². The molecule has 5 heteroatoms. The number of carbonyl (C=O) groups is 1. The van der Waals surface area contributed by atoms with Crippen LogP contribution in [0.25, 0.3) is 11.0 Å². The van der Waals surface area contributed by atoms with Gasteiger partial charge in [0.05, 0.1) is 6.42 Å². The second-order valence-corrected chi connectivity index (χ2v) is 5.45. The fraction of sp³-hybridized carbons (Fsp3) is 0.385. The van der Waals surface area contributed by atoms with Crippen LogP contribution in [0.5, 0.6) is 0 Å². The quantitative estimate of drug-likeness (QED) is 0.857. The minimum absolute atomic E-state index is 0.144. The fourth-order valence-corrected chi connectivity index (χ4v) is 2.65. The molecule has 2 aromatic rings. The van der Waals surface area contributed by atoms with Crippen molar-refractivity contribution in [1.82, 2.24) is 10.1 Å². The van der Waals surface area contributed by atoms with Crippen LogP contribution in [-0.4, -0.2) is 29.1 Å². The van der Waals surface area contributed by atoms with Gasteiger partial charge in [-0.3, -0.25) is 4.79 Å². The Kier molecular flexibility index (Phi) is 3.07. The number of nitrogens with zero attached hydrogens (tertiary/aromatic N) is 2.